The zero-order chi connectivity index (χ0) is 15.8. The molecule has 0 saturated carbocycles. The number of likely N-dealkylation sites (tertiary alicyclic amines) is 1. The summed E-state index contributed by atoms with van der Waals surface area (Å²) < 4.78 is 4.71. The van der Waals surface area contributed by atoms with E-state index in [0.717, 1.165) is 25.9 Å². The van der Waals surface area contributed by atoms with Crippen molar-refractivity contribution in [2.24, 2.45) is 5.92 Å². The van der Waals surface area contributed by atoms with Crippen molar-refractivity contribution < 1.29 is 19.1 Å². The highest BCUT2D eigenvalue weighted by atomic mass is 16.5. The molecule has 1 unspecified atom stereocenters. The van der Waals surface area contributed by atoms with Crippen molar-refractivity contribution in [2.75, 3.05) is 33.3 Å². The van der Waals surface area contributed by atoms with Crippen LogP contribution < -0.4 is 10.6 Å². The molecule has 1 fully saturated rings. The van der Waals surface area contributed by atoms with E-state index in [1.165, 1.54) is 21.0 Å². The molecule has 0 spiro atoms. The second-order valence-corrected chi connectivity index (χ2v) is 5.46. The molecule has 7 heteroatoms. The summed E-state index contributed by atoms with van der Waals surface area (Å²) in [5.41, 5.74) is 0. The van der Waals surface area contributed by atoms with E-state index in [-0.39, 0.29) is 11.8 Å². The van der Waals surface area contributed by atoms with Crippen molar-refractivity contribution in [2.45, 2.75) is 32.7 Å². The van der Waals surface area contributed by atoms with Gasteiger partial charge in [-0.05, 0) is 31.8 Å². The molecule has 120 valence electrons. The smallest absolute Gasteiger partial charge is 0.329 e. The first-order chi connectivity index (χ1) is 9.92. The fourth-order valence-corrected chi connectivity index (χ4v) is 2.49. The lowest BCUT2D eigenvalue weighted by Gasteiger charge is -2.33. The number of carbonyl (C=O) groups is 3. The Hall–Kier alpha value is -1.63. The summed E-state index contributed by atoms with van der Waals surface area (Å²) in [6, 6.07) is -0.626. The Morgan fingerprint density at radius 3 is 2.29 bits per heavy atom. The van der Waals surface area contributed by atoms with Gasteiger partial charge in [-0.1, -0.05) is 0 Å². The van der Waals surface area contributed by atoms with Gasteiger partial charge in [-0.2, -0.15) is 0 Å². The van der Waals surface area contributed by atoms with Crippen LogP contribution in [0.4, 0.5) is 0 Å². The standard InChI is InChI=1S/C14H25N3O4/c1-10(18)15-8-12-4-6-17(7-5-12)9-13(14(20)21-3)16-11(2)19/h12-13H,4-9H2,1-3H3,(H,15,18)(H,16,19). The Kier molecular flexibility index (Phi) is 7.14. The third-order valence-corrected chi connectivity index (χ3v) is 3.65. The molecule has 0 bridgehead atoms. The van der Waals surface area contributed by atoms with Crippen molar-refractivity contribution in [1.29, 1.82) is 0 Å². The number of amides is 2. The van der Waals surface area contributed by atoms with Crippen LogP contribution in [0.3, 0.4) is 0 Å². The van der Waals surface area contributed by atoms with Gasteiger partial charge in [0.25, 0.3) is 0 Å². The van der Waals surface area contributed by atoms with Gasteiger partial charge in [0.15, 0.2) is 0 Å². The van der Waals surface area contributed by atoms with E-state index in [1.54, 1.807) is 0 Å². The van der Waals surface area contributed by atoms with Gasteiger partial charge in [0.05, 0.1) is 7.11 Å². The predicted octanol–water partition coefficient (Wildman–Crippen LogP) is -0.488. The van der Waals surface area contributed by atoms with Crippen LogP contribution in [0, 0.1) is 5.92 Å². The summed E-state index contributed by atoms with van der Waals surface area (Å²) in [5, 5.41) is 5.45. The van der Waals surface area contributed by atoms with Gasteiger partial charge >= 0.3 is 5.97 Å². The minimum atomic E-state index is -0.626. The number of nitrogens with zero attached hydrogens (tertiary/aromatic N) is 1. The summed E-state index contributed by atoms with van der Waals surface area (Å²) >= 11 is 0. The first-order valence-corrected chi connectivity index (χ1v) is 7.24. The molecule has 1 aliphatic rings. The van der Waals surface area contributed by atoms with Crippen molar-refractivity contribution in [1.82, 2.24) is 15.5 Å². The topological polar surface area (TPSA) is 87.7 Å². The van der Waals surface area contributed by atoms with Crippen molar-refractivity contribution in [3.8, 4) is 0 Å². The lowest BCUT2D eigenvalue weighted by atomic mass is 9.96. The largest absolute Gasteiger partial charge is 0.467 e. The maximum Gasteiger partial charge on any atom is 0.329 e. The summed E-state index contributed by atoms with van der Waals surface area (Å²) in [4.78, 5) is 35.8. The average Bonchev–Trinajstić information content (AvgIpc) is 2.44. The zero-order valence-electron chi connectivity index (χ0n) is 13.0. The van der Waals surface area contributed by atoms with Crippen LogP contribution >= 0.6 is 0 Å². The maximum atomic E-state index is 11.7. The number of methoxy groups -OCH3 is 1. The van der Waals surface area contributed by atoms with Gasteiger partial charge < -0.3 is 20.3 Å². The quantitative estimate of drug-likeness (QED) is 0.646. The highest BCUT2D eigenvalue weighted by Gasteiger charge is 2.26. The SMILES string of the molecule is COC(=O)C(CN1CCC(CNC(C)=O)CC1)NC(C)=O. The summed E-state index contributed by atoms with van der Waals surface area (Å²) in [7, 11) is 1.32. The van der Waals surface area contributed by atoms with Crippen molar-refractivity contribution in [3.63, 3.8) is 0 Å². The highest BCUT2D eigenvalue weighted by Crippen LogP contribution is 2.16. The average molecular weight is 299 g/mol. The Labute approximate surface area is 125 Å². The monoisotopic (exact) mass is 299 g/mol. The molecule has 2 N–H and O–H groups in total. The number of hydrogen-bond acceptors (Lipinski definition) is 5. The Morgan fingerprint density at radius 2 is 1.81 bits per heavy atom. The van der Waals surface area contributed by atoms with E-state index in [4.69, 9.17) is 4.74 Å². The second-order valence-electron chi connectivity index (χ2n) is 5.46. The number of piperidine rings is 1. The minimum absolute atomic E-state index is 0.00570. The number of ether oxygens (including phenoxy) is 1. The number of esters is 1. The molecule has 0 aliphatic carbocycles. The third kappa shape index (κ3) is 6.57. The molecule has 7 nitrogen and oxygen atoms in total. The van der Waals surface area contributed by atoms with E-state index in [0.29, 0.717) is 19.0 Å². The minimum Gasteiger partial charge on any atom is -0.467 e. The van der Waals surface area contributed by atoms with E-state index in [1.807, 2.05) is 0 Å². The molecular formula is C14H25N3O4. The van der Waals surface area contributed by atoms with Gasteiger partial charge in [-0.3, -0.25) is 9.59 Å². The normalized spacial score (nSPS) is 17.9. The number of rotatable bonds is 6. The fraction of sp³-hybridized carbons (Fsp3) is 0.786. The van der Waals surface area contributed by atoms with Gasteiger partial charge in [-0.15, -0.1) is 0 Å². The molecule has 1 rings (SSSR count). The molecule has 2 amide bonds. The predicted molar refractivity (Wildman–Crippen MR) is 77.5 cm³/mol. The van der Waals surface area contributed by atoms with Gasteiger partial charge in [0.2, 0.25) is 11.8 Å². The van der Waals surface area contributed by atoms with Crippen LogP contribution in [0.2, 0.25) is 0 Å². The molecule has 0 aromatic rings. The first kappa shape index (κ1) is 17.4. The van der Waals surface area contributed by atoms with Crippen LogP contribution in [0.1, 0.15) is 26.7 Å². The number of hydrogen-bond donors (Lipinski definition) is 2. The fourth-order valence-electron chi connectivity index (χ4n) is 2.49. The lowest BCUT2D eigenvalue weighted by Crippen LogP contribution is -2.50. The van der Waals surface area contributed by atoms with E-state index in [9.17, 15) is 14.4 Å². The van der Waals surface area contributed by atoms with Gasteiger partial charge in [0.1, 0.15) is 6.04 Å². The van der Waals surface area contributed by atoms with Crippen molar-refractivity contribution >= 4 is 17.8 Å². The Morgan fingerprint density at radius 1 is 1.19 bits per heavy atom. The lowest BCUT2D eigenvalue weighted by molar-refractivity contribution is -0.145. The third-order valence-electron chi connectivity index (χ3n) is 3.65. The molecule has 1 atom stereocenters. The van der Waals surface area contributed by atoms with E-state index < -0.39 is 12.0 Å². The van der Waals surface area contributed by atoms with Crippen LogP contribution in [0.15, 0.2) is 0 Å². The Bertz CT molecular complexity index is 378. The van der Waals surface area contributed by atoms with Crippen LogP contribution in [0.25, 0.3) is 0 Å². The molecule has 0 aromatic carbocycles. The Balaban J connectivity index is 2.39. The summed E-state index contributed by atoms with van der Waals surface area (Å²) in [5.74, 6) is -0.201. The van der Waals surface area contributed by atoms with Crippen LogP contribution in [-0.4, -0.2) is 62.0 Å². The van der Waals surface area contributed by atoms with E-state index in [2.05, 4.69) is 15.5 Å². The first-order valence-electron chi connectivity index (χ1n) is 7.24. The highest BCUT2D eigenvalue weighted by molar-refractivity contribution is 5.83. The van der Waals surface area contributed by atoms with Crippen LogP contribution in [-0.2, 0) is 19.1 Å². The molecule has 0 aromatic heterocycles. The zero-order valence-corrected chi connectivity index (χ0v) is 13.0. The van der Waals surface area contributed by atoms with Crippen molar-refractivity contribution in [3.05, 3.63) is 0 Å². The van der Waals surface area contributed by atoms with Gasteiger partial charge in [0, 0.05) is 26.9 Å². The second kappa shape index (κ2) is 8.61. The van der Waals surface area contributed by atoms with Gasteiger partial charge in [-0.25, -0.2) is 4.79 Å². The molecule has 21 heavy (non-hydrogen) atoms. The number of carbonyl (C=O) groups excluding carboxylic acids is 3. The van der Waals surface area contributed by atoms with E-state index >= 15 is 0 Å². The maximum absolute atomic E-state index is 11.7. The molecule has 1 heterocycles. The molecule has 1 aliphatic heterocycles. The summed E-state index contributed by atoms with van der Waals surface area (Å²) in [6.45, 7) is 5.75. The molecular weight excluding hydrogens is 274 g/mol. The van der Waals surface area contributed by atoms with Crippen LogP contribution in [0.5, 0.6) is 0 Å². The molecule has 0 radical (unpaired) electrons. The number of nitrogens with one attached hydrogen (secondary N) is 2. The molecule has 1 saturated heterocycles. The summed E-state index contributed by atoms with van der Waals surface area (Å²) in [6.07, 6.45) is 1.93.